The number of aromatic nitrogens is 2. The smallest absolute Gasteiger partial charge is 0.407 e. The van der Waals surface area contributed by atoms with E-state index >= 15 is 0 Å². The van der Waals surface area contributed by atoms with Gasteiger partial charge in [-0.05, 0) is 67.5 Å². The molecule has 2 aromatic carbocycles. The van der Waals surface area contributed by atoms with Gasteiger partial charge in [0.25, 0.3) is 11.8 Å². The van der Waals surface area contributed by atoms with Gasteiger partial charge >= 0.3 is 12.1 Å². The van der Waals surface area contributed by atoms with Crippen LogP contribution in [0.2, 0.25) is 0 Å². The van der Waals surface area contributed by atoms with Crippen LogP contribution in [0.25, 0.3) is 11.3 Å². The molecule has 2 aliphatic heterocycles. The fraction of sp³-hybridized carbons (Fsp3) is 0.510. The highest BCUT2D eigenvalue weighted by atomic mass is 19.1. The molecule has 6 amide bonds. The van der Waals surface area contributed by atoms with Gasteiger partial charge in [0.05, 0.1) is 30.7 Å². The number of rotatable bonds is 24. The van der Waals surface area contributed by atoms with Crippen LogP contribution in [-0.2, 0) is 51.4 Å². The van der Waals surface area contributed by atoms with Crippen molar-refractivity contribution >= 4 is 47.3 Å². The first-order chi connectivity index (χ1) is 34.3. The van der Waals surface area contributed by atoms with Crippen molar-refractivity contribution in [2.75, 3.05) is 45.3 Å². The molecule has 0 spiro atoms. The topological polar surface area (TPSA) is 268 Å². The summed E-state index contributed by atoms with van der Waals surface area (Å²) >= 11 is 0. The number of amides is 6. The summed E-state index contributed by atoms with van der Waals surface area (Å²) in [5.41, 5.74) is -0.0632. The number of carbonyl (C=O) groups is 7. The standard InChI is InChI=1S/C48H61F2N7O13.CH3F/c1-5-55-26-35(32-23-30(49)12-13-33(32)50)54-45(55)44(48(2,3)4)57(42(64)27-58)21-9-18-52-47(67)68-28-29-11-14-36(69-43-25-31(59)24-37(70-43)46(65)66)34(22-29)53-39(61)17-19-51-38(60)10-7-6-8-20-56-40(62)15-16-41(56)63;1-2/h11-16,22-23,26,31,37,43-44,58-59H,5-10,17-21,24-25,27-28H2,1-4H3,(H,51,60)(H,52,67)(H,53,61)(H,65,66);1H3. The van der Waals surface area contributed by atoms with E-state index in [0.717, 1.165) is 23.1 Å². The van der Waals surface area contributed by atoms with Gasteiger partial charge in [0.2, 0.25) is 24.0 Å². The number of hydrogen-bond acceptors (Lipinski definition) is 13. The maximum atomic E-state index is 14.8. The van der Waals surface area contributed by atoms with E-state index < -0.39 is 72.1 Å². The highest BCUT2D eigenvalue weighted by molar-refractivity contribution is 6.12. The number of ether oxygens (including phenoxy) is 3. The first-order valence-corrected chi connectivity index (χ1v) is 23.4. The van der Waals surface area contributed by atoms with E-state index in [1.807, 2.05) is 27.7 Å². The summed E-state index contributed by atoms with van der Waals surface area (Å²) in [5.74, 6) is -4.35. The number of imidazole rings is 1. The number of aliphatic hydroxyl groups is 2. The molecule has 0 saturated carbocycles. The quantitative estimate of drug-likeness (QED) is 0.0514. The maximum Gasteiger partial charge on any atom is 0.407 e. The maximum absolute atomic E-state index is 14.8. The molecule has 0 aliphatic carbocycles. The average molecular weight is 1020 g/mol. The van der Waals surface area contributed by atoms with Gasteiger partial charge in [-0.2, -0.15) is 0 Å². The molecule has 1 aromatic heterocycles. The predicted octanol–water partition coefficient (Wildman–Crippen LogP) is 4.92. The van der Waals surface area contributed by atoms with E-state index in [9.17, 15) is 62.1 Å². The Morgan fingerprint density at radius 3 is 2.32 bits per heavy atom. The lowest BCUT2D eigenvalue weighted by atomic mass is 9.84. The van der Waals surface area contributed by atoms with E-state index in [1.165, 1.54) is 35.3 Å². The number of carbonyl (C=O) groups excluding carboxylic acids is 6. The van der Waals surface area contributed by atoms with E-state index in [1.54, 1.807) is 10.8 Å². The number of alkyl halides is 1. The average Bonchev–Trinajstić information content (AvgIpc) is 3.91. The monoisotopic (exact) mass is 1020 g/mol. The van der Waals surface area contributed by atoms with Gasteiger partial charge in [-0.25, -0.2) is 23.4 Å². The first-order valence-electron chi connectivity index (χ1n) is 23.4. The van der Waals surface area contributed by atoms with Crippen LogP contribution in [0.1, 0.15) is 96.5 Å². The highest BCUT2D eigenvalue weighted by Crippen LogP contribution is 2.39. The molecule has 0 radical (unpaired) electrons. The molecule has 5 rings (SSSR count). The second-order valence-electron chi connectivity index (χ2n) is 17.9. The molecule has 4 unspecified atom stereocenters. The van der Waals surface area contributed by atoms with Gasteiger partial charge in [0.1, 0.15) is 36.4 Å². The number of anilines is 1. The van der Waals surface area contributed by atoms with Gasteiger partial charge in [-0.15, -0.1) is 0 Å². The van der Waals surface area contributed by atoms with E-state index in [-0.39, 0.29) is 105 Å². The van der Waals surface area contributed by atoms with E-state index in [0.29, 0.717) is 44.4 Å². The first kappa shape index (κ1) is 57.7. The molecule has 3 heterocycles. The molecule has 1 saturated heterocycles. The van der Waals surface area contributed by atoms with Gasteiger partial charge in [-0.3, -0.25) is 33.3 Å². The van der Waals surface area contributed by atoms with Crippen LogP contribution in [0.15, 0.2) is 54.7 Å². The number of nitrogens with one attached hydrogen (secondary N) is 3. The van der Waals surface area contributed by atoms with Crippen LogP contribution in [0.4, 0.5) is 23.7 Å². The predicted molar refractivity (Wildman–Crippen MR) is 253 cm³/mol. The van der Waals surface area contributed by atoms with Crippen molar-refractivity contribution in [2.24, 2.45) is 5.41 Å². The Morgan fingerprint density at radius 1 is 0.931 bits per heavy atom. The SMILES string of the molecule is CCn1cc(-c2cc(F)ccc2F)nc1C(N(CCCNC(=O)OCc1ccc(OC2CC(O)CC(C(=O)O)O2)c(NC(=O)CCNC(=O)CCCCCN2C(=O)C=CC2=O)c1)C(=O)CO)C(C)(C)C.CF. The van der Waals surface area contributed by atoms with Gasteiger partial charge in [0, 0.05) is 82.3 Å². The molecular formula is C49H64F3N7O13. The number of halogens is 3. The number of imide groups is 1. The lowest BCUT2D eigenvalue weighted by molar-refractivity contribution is -0.195. The summed E-state index contributed by atoms with van der Waals surface area (Å²) in [5, 5.41) is 37.8. The highest BCUT2D eigenvalue weighted by Gasteiger charge is 2.38. The number of unbranched alkanes of at least 4 members (excludes halogenated alkanes) is 2. The van der Waals surface area contributed by atoms with Crippen molar-refractivity contribution in [1.29, 1.82) is 0 Å². The van der Waals surface area contributed by atoms with Crippen molar-refractivity contribution in [2.45, 2.75) is 117 Å². The van der Waals surface area contributed by atoms with Crippen LogP contribution < -0.4 is 20.7 Å². The van der Waals surface area contributed by atoms with Crippen LogP contribution in [0, 0.1) is 17.0 Å². The van der Waals surface area contributed by atoms with Crippen LogP contribution in [0.5, 0.6) is 5.75 Å². The zero-order valence-corrected chi connectivity index (χ0v) is 41.0. The van der Waals surface area contributed by atoms with Crippen LogP contribution >= 0.6 is 0 Å². The van der Waals surface area contributed by atoms with E-state index in [4.69, 9.17) is 14.2 Å². The van der Waals surface area contributed by atoms with Gasteiger partial charge in [0.15, 0.2) is 6.10 Å². The Hall–Kier alpha value is -6.85. The normalized spacial score (nSPS) is 16.9. The van der Waals surface area contributed by atoms with Gasteiger partial charge < -0.3 is 54.9 Å². The number of carboxylic acid groups (broad SMARTS) is 1. The fourth-order valence-electron chi connectivity index (χ4n) is 7.95. The van der Waals surface area contributed by atoms with E-state index in [2.05, 4.69) is 20.9 Å². The lowest BCUT2D eigenvalue weighted by Gasteiger charge is -2.39. The molecule has 72 heavy (non-hydrogen) atoms. The number of carboxylic acids is 1. The molecule has 0 bridgehead atoms. The lowest BCUT2D eigenvalue weighted by Crippen LogP contribution is -2.45. The molecule has 23 heteroatoms. The molecule has 6 N–H and O–H groups in total. The Kier molecular flexibility index (Phi) is 22.2. The number of hydrogen-bond donors (Lipinski definition) is 6. The van der Waals surface area contributed by atoms with Crippen LogP contribution in [-0.4, -0.2) is 135 Å². The van der Waals surface area contributed by atoms with Gasteiger partial charge in [-0.1, -0.05) is 33.3 Å². The van der Waals surface area contributed by atoms with Crippen molar-refractivity contribution in [3.8, 4) is 17.0 Å². The molecule has 3 aromatic rings. The summed E-state index contributed by atoms with van der Waals surface area (Å²) in [6, 6.07) is 6.75. The molecule has 20 nitrogen and oxygen atoms in total. The summed E-state index contributed by atoms with van der Waals surface area (Å²) < 4.78 is 57.1. The molecule has 2 aliphatic rings. The number of nitrogens with zero attached hydrogens (tertiary/aromatic N) is 4. The van der Waals surface area contributed by atoms with Crippen molar-refractivity contribution < 1.29 is 76.3 Å². The molecule has 1 fully saturated rings. The zero-order chi connectivity index (χ0) is 53.1. The second-order valence-corrected chi connectivity index (χ2v) is 17.9. The minimum Gasteiger partial charge on any atom is -0.479 e. The van der Waals surface area contributed by atoms with Crippen molar-refractivity contribution in [1.82, 2.24) is 30.0 Å². The summed E-state index contributed by atoms with van der Waals surface area (Å²) in [7, 11) is 0.500. The Balaban J connectivity index is 0.00000555. The third kappa shape index (κ3) is 16.9. The summed E-state index contributed by atoms with van der Waals surface area (Å²) in [4.78, 5) is 94.1. The minimum absolute atomic E-state index is 0.0187. The number of benzene rings is 2. The molecular weight excluding hydrogens is 952 g/mol. The Labute approximate surface area is 414 Å². The number of aliphatic hydroxyl groups excluding tert-OH is 2. The Morgan fingerprint density at radius 2 is 1.65 bits per heavy atom. The summed E-state index contributed by atoms with van der Waals surface area (Å²) in [6.07, 6.45) is 1.23. The number of alkyl carbamates (subject to hydrolysis) is 1. The van der Waals surface area contributed by atoms with Crippen molar-refractivity contribution in [3.63, 3.8) is 0 Å². The zero-order valence-electron chi connectivity index (χ0n) is 41.0. The number of aliphatic carboxylic acids is 1. The second kappa shape index (κ2) is 27.7. The third-order valence-electron chi connectivity index (χ3n) is 11.4. The fourth-order valence-corrected chi connectivity index (χ4v) is 7.95. The largest absolute Gasteiger partial charge is 0.479 e. The van der Waals surface area contributed by atoms with Crippen molar-refractivity contribution in [3.05, 3.63) is 77.8 Å². The molecule has 394 valence electrons. The minimum atomic E-state index is -1.34. The summed E-state index contributed by atoms with van der Waals surface area (Å²) in [6.45, 7) is 7.05. The molecule has 4 atom stereocenters. The third-order valence-corrected chi connectivity index (χ3v) is 11.4. The Bertz CT molecular complexity index is 2390. The van der Waals surface area contributed by atoms with Crippen LogP contribution in [0.3, 0.4) is 0 Å². The number of aryl methyl sites for hydroxylation is 1.